The number of anilines is 1. The number of nitrogens with zero attached hydrogens (tertiary/aromatic N) is 4. The lowest BCUT2D eigenvalue weighted by molar-refractivity contribution is 0.244. The molecule has 0 saturated carbocycles. The third-order valence-corrected chi connectivity index (χ3v) is 5.87. The molecule has 1 aromatic heterocycles. The Labute approximate surface area is 173 Å². The summed E-state index contributed by atoms with van der Waals surface area (Å²) in [6.07, 6.45) is 2.63. The van der Waals surface area contributed by atoms with E-state index in [1.807, 2.05) is 54.7 Å². The van der Waals surface area contributed by atoms with Gasteiger partial charge in [-0.1, -0.05) is 66.7 Å². The van der Waals surface area contributed by atoms with Crippen LogP contribution in [0, 0.1) is 11.3 Å². The first-order valence-corrected chi connectivity index (χ1v) is 10.2. The van der Waals surface area contributed by atoms with Gasteiger partial charge in [-0.15, -0.1) is 0 Å². The molecule has 0 N–H and O–H groups in total. The average molecular weight is 383 g/mol. The summed E-state index contributed by atoms with van der Waals surface area (Å²) in [4.78, 5) is 9.28. The number of pyridine rings is 1. The van der Waals surface area contributed by atoms with Crippen LogP contribution >= 0.6 is 0 Å². The zero-order valence-corrected chi connectivity index (χ0v) is 16.6. The van der Waals surface area contributed by atoms with Crippen molar-refractivity contribution in [1.29, 1.82) is 5.26 Å². The Morgan fingerprint density at radius 2 is 1.38 bits per heavy atom. The fraction of sp³-hybridized carbons (Fsp3) is 0.280. The van der Waals surface area contributed by atoms with E-state index in [1.54, 1.807) is 0 Å². The maximum Gasteiger partial charge on any atom is 0.128 e. The van der Waals surface area contributed by atoms with Gasteiger partial charge in [-0.25, -0.2) is 4.98 Å². The summed E-state index contributed by atoms with van der Waals surface area (Å²) >= 11 is 0. The first kappa shape index (κ1) is 19.2. The van der Waals surface area contributed by atoms with Crippen LogP contribution in [0.1, 0.15) is 17.5 Å². The predicted molar refractivity (Wildman–Crippen MR) is 117 cm³/mol. The number of hydrogen-bond donors (Lipinski definition) is 0. The van der Waals surface area contributed by atoms with Crippen molar-refractivity contribution < 1.29 is 0 Å². The highest BCUT2D eigenvalue weighted by Gasteiger charge is 2.35. The summed E-state index contributed by atoms with van der Waals surface area (Å²) in [5, 5.41) is 10.3. The first-order valence-electron chi connectivity index (χ1n) is 10.2. The van der Waals surface area contributed by atoms with E-state index in [-0.39, 0.29) is 0 Å². The van der Waals surface area contributed by atoms with Gasteiger partial charge in [0.15, 0.2) is 0 Å². The van der Waals surface area contributed by atoms with Gasteiger partial charge in [-0.05, 0) is 29.7 Å². The van der Waals surface area contributed by atoms with Crippen LogP contribution in [0.2, 0.25) is 0 Å². The molecule has 0 atom stereocenters. The predicted octanol–water partition coefficient (Wildman–Crippen LogP) is 4.10. The molecular weight excluding hydrogens is 356 g/mol. The third-order valence-electron chi connectivity index (χ3n) is 5.87. The molecule has 1 saturated heterocycles. The monoisotopic (exact) mass is 382 g/mol. The van der Waals surface area contributed by atoms with Crippen molar-refractivity contribution in [3.8, 4) is 6.07 Å². The van der Waals surface area contributed by atoms with Crippen molar-refractivity contribution in [2.24, 2.45) is 0 Å². The van der Waals surface area contributed by atoms with Gasteiger partial charge in [0.2, 0.25) is 0 Å². The number of rotatable bonds is 6. The molecule has 0 bridgehead atoms. The van der Waals surface area contributed by atoms with Crippen LogP contribution in [0.4, 0.5) is 5.82 Å². The number of nitriles is 1. The molecule has 29 heavy (non-hydrogen) atoms. The van der Waals surface area contributed by atoms with Gasteiger partial charge < -0.3 is 4.90 Å². The van der Waals surface area contributed by atoms with Gasteiger partial charge in [0, 0.05) is 38.9 Å². The molecule has 2 aromatic carbocycles. The van der Waals surface area contributed by atoms with Gasteiger partial charge >= 0.3 is 0 Å². The maximum atomic E-state index is 10.3. The lowest BCUT2D eigenvalue weighted by Gasteiger charge is -2.37. The van der Waals surface area contributed by atoms with E-state index in [0.717, 1.165) is 56.1 Å². The summed E-state index contributed by atoms with van der Waals surface area (Å²) < 4.78 is 0. The lowest BCUT2D eigenvalue weighted by atomic mass is 9.73. The highest BCUT2D eigenvalue weighted by molar-refractivity contribution is 5.46. The molecule has 4 rings (SSSR count). The largest absolute Gasteiger partial charge is 0.354 e. The Morgan fingerprint density at radius 3 is 1.90 bits per heavy atom. The lowest BCUT2D eigenvalue weighted by Crippen LogP contribution is -2.48. The Bertz CT molecular complexity index is 887. The number of piperazine rings is 1. The minimum Gasteiger partial charge on any atom is -0.354 e. The van der Waals surface area contributed by atoms with Gasteiger partial charge in [0.05, 0.1) is 6.07 Å². The molecule has 3 aromatic rings. The van der Waals surface area contributed by atoms with Crippen molar-refractivity contribution in [3.63, 3.8) is 0 Å². The molecule has 0 aliphatic carbocycles. The van der Waals surface area contributed by atoms with Crippen molar-refractivity contribution in [1.82, 2.24) is 9.88 Å². The molecule has 146 valence electrons. The topological polar surface area (TPSA) is 43.2 Å². The molecule has 0 spiro atoms. The molecule has 4 nitrogen and oxygen atoms in total. The molecule has 0 unspecified atom stereocenters. The molecule has 2 heterocycles. The number of aromatic nitrogens is 1. The Balaban J connectivity index is 1.48. The summed E-state index contributed by atoms with van der Waals surface area (Å²) in [7, 11) is 0. The van der Waals surface area contributed by atoms with E-state index in [9.17, 15) is 5.26 Å². The smallest absolute Gasteiger partial charge is 0.128 e. The van der Waals surface area contributed by atoms with Crippen molar-refractivity contribution in [3.05, 3.63) is 96.2 Å². The zero-order valence-electron chi connectivity index (χ0n) is 16.6. The van der Waals surface area contributed by atoms with E-state index in [4.69, 9.17) is 0 Å². The molecule has 1 fully saturated rings. The highest BCUT2D eigenvalue weighted by atomic mass is 15.3. The molecule has 1 aliphatic heterocycles. The quantitative estimate of drug-likeness (QED) is 0.644. The van der Waals surface area contributed by atoms with Crippen LogP contribution in [0.15, 0.2) is 85.1 Å². The fourth-order valence-corrected chi connectivity index (χ4v) is 4.15. The first-order chi connectivity index (χ1) is 14.3. The summed E-state index contributed by atoms with van der Waals surface area (Å²) in [5.74, 6) is 1.05. The second-order valence-corrected chi connectivity index (χ2v) is 7.52. The van der Waals surface area contributed by atoms with Crippen molar-refractivity contribution >= 4 is 5.82 Å². The normalized spacial score (nSPS) is 15.1. The minimum absolute atomic E-state index is 0.624. The van der Waals surface area contributed by atoms with E-state index < -0.39 is 5.41 Å². The minimum atomic E-state index is -0.624. The Kier molecular flexibility index (Phi) is 5.88. The fourth-order valence-electron chi connectivity index (χ4n) is 4.15. The summed E-state index contributed by atoms with van der Waals surface area (Å²) in [5.41, 5.74) is 1.52. The standard InChI is InChI=1S/C25H26N4/c26-21-25(22-9-3-1-4-10-22,23-11-5-2-6-12-23)14-16-28-17-19-29(20-18-28)24-13-7-8-15-27-24/h1-13,15H,14,16-20H2. The van der Waals surface area contributed by atoms with Crippen LogP contribution < -0.4 is 4.90 Å². The third kappa shape index (κ3) is 4.16. The van der Waals surface area contributed by atoms with E-state index in [1.165, 1.54) is 0 Å². The average Bonchev–Trinajstić information content (AvgIpc) is 2.82. The second kappa shape index (κ2) is 8.89. The second-order valence-electron chi connectivity index (χ2n) is 7.52. The summed E-state index contributed by atoms with van der Waals surface area (Å²) in [6, 6.07) is 29.2. The van der Waals surface area contributed by atoms with Gasteiger partial charge in [-0.3, -0.25) is 4.90 Å². The maximum absolute atomic E-state index is 10.3. The van der Waals surface area contributed by atoms with E-state index in [2.05, 4.69) is 51.2 Å². The molecular formula is C25H26N4. The van der Waals surface area contributed by atoms with Crippen molar-refractivity contribution in [2.75, 3.05) is 37.6 Å². The Morgan fingerprint density at radius 1 is 0.793 bits per heavy atom. The van der Waals surface area contributed by atoms with Crippen LogP contribution in [-0.2, 0) is 5.41 Å². The van der Waals surface area contributed by atoms with E-state index >= 15 is 0 Å². The molecule has 4 heteroatoms. The van der Waals surface area contributed by atoms with E-state index in [0.29, 0.717) is 0 Å². The highest BCUT2D eigenvalue weighted by Crippen LogP contribution is 2.35. The summed E-state index contributed by atoms with van der Waals surface area (Å²) in [6.45, 7) is 4.80. The van der Waals surface area contributed by atoms with Crippen LogP contribution in [0.25, 0.3) is 0 Å². The van der Waals surface area contributed by atoms with Gasteiger partial charge in [0.1, 0.15) is 11.2 Å². The Hall–Kier alpha value is -3.16. The zero-order chi connectivity index (χ0) is 19.9. The van der Waals surface area contributed by atoms with Crippen LogP contribution in [-0.4, -0.2) is 42.6 Å². The SMILES string of the molecule is N#CC(CCN1CCN(c2ccccn2)CC1)(c1ccccc1)c1ccccc1. The van der Waals surface area contributed by atoms with Gasteiger partial charge in [0.25, 0.3) is 0 Å². The molecule has 0 radical (unpaired) electrons. The van der Waals surface area contributed by atoms with Gasteiger partial charge in [-0.2, -0.15) is 5.26 Å². The molecule has 0 amide bonds. The van der Waals surface area contributed by atoms with Crippen molar-refractivity contribution in [2.45, 2.75) is 11.8 Å². The molecule has 1 aliphatic rings. The van der Waals surface area contributed by atoms with Crippen LogP contribution in [0.5, 0.6) is 0 Å². The number of hydrogen-bond acceptors (Lipinski definition) is 4. The van der Waals surface area contributed by atoms with Crippen LogP contribution in [0.3, 0.4) is 0 Å². The number of benzene rings is 2.